The number of esters is 1. The maximum atomic E-state index is 11.5. The number of methoxy groups -OCH3 is 1. The highest BCUT2D eigenvalue weighted by Crippen LogP contribution is 2.36. The van der Waals surface area contributed by atoms with E-state index in [9.17, 15) is 4.79 Å². The van der Waals surface area contributed by atoms with Crippen LogP contribution in [0, 0.1) is 6.92 Å². The lowest BCUT2D eigenvalue weighted by Gasteiger charge is -2.18. The first-order valence-corrected chi connectivity index (χ1v) is 5.58. The molecule has 14 heavy (non-hydrogen) atoms. The Morgan fingerprint density at radius 2 is 2.43 bits per heavy atom. The van der Waals surface area contributed by atoms with Crippen molar-refractivity contribution in [2.45, 2.75) is 32.1 Å². The van der Waals surface area contributed by atoms with Crippen molar-refractivity contribution in [2.75, 3.05) is 7.11 Å². The Balaban J connectivity index is 2.34. The average Bonchev–Trinajstić information content (AvgIpc) is 2.56. The first kappa shape index (κ1) is 9.65. The van der Waals surface area contributed by atoms with Crippen LogP contribution >= 0.6 is 11.3 Å². The minimum Gasteiger partial charge on any atom is -0.469 e. The summed E-state index contributed by atoms with van der Waals surface area (Å²) in [6, 6.07) is 0. The summed E-state index contributed by atoms with van der Waals surface area (Å²) in [5.74, 6) is -0.176. The molecule has 1 heterocycles. The first-order valence-electron chi connectivity index (χ1n) is 4.76. The zero-order valence-corrected chi connectivity index (χ0v) is 9.19. The Hall–Kier alpha value is -0.900. The number of nitrogens with zero attached hydrogens (tertiary/aromatic N) is 1. The topological polar surface area (TPSA) is 39.2 Å². The lowest BCUT2D eigenvalue weighted by atomic mass is 9.92. The summed E-state index contributed by atoms with van der Waals surface area (Å²) in [5, 5.41) is 1.05. The van der Waals surface area contributed by atoms with Crippen molar-refractivity contribution in [2.24, 2.45) is 0 Å². The molecule has 1 unspecified atom stereocenters. The van der Waals surface area contributed by atoms with Crippen LogP contribution in [0.2, 0.25) is 0 Å². The third kappa shape index (κ3) is 1.54. The molecule has 1 aliphatic rings. The number of rotatable bonds is 1. The molecule has 2 rings (SSSR count). The highest BCUT2D eigenvalue weighted by molar-refractivity contribution is 7.11. The first-order chi connectivity index (χ1) is 6.72. The van der Waals surface area contributed by atoms with Gasteiger partial charge in [0.2, 0.25) is 0 Å². The summed E-state index contributed by atoms with van der Waals surface area (Å²) in [7, 11) is 1.45. The number of hydrogen-bond donors (Lipinski definition) is 0. The Morgan fingerprint density at radius 1 is 1.64 bits per heavy atom. The van der Waals surface area contributed by atoms with Gasteiger partial charge >= 0.3 is 5.97 Å². The standard InChI is InChI=1S/C10H13NO2S/c1-6-11-8-5-3-4-7(9(8)14-6)10(12)13-2/h7H,3-5H2,1-2H3. The fraction of sp³-hybridized carbons (Fsp3) is 0.600. The van der Waals surface area contributed by atoms with Gasteiger partial charge < -0.3 is 4.74 Å². The molecule has 1 aliphatic carbocycles. The minimum absolute atomic E-state index is 0.0602. The third-order valence-electron chi connectivity index (χ3n) is 2.54. The smallest absolute Gasteiger partial charge is 0.314 e. The number of carbonyl (C=O) groups excluding carboxylic acids is 1. The van der Waals surface area contributed by atoms with E-state index >= 15 is 0 Å². The van der Waals surface area contributed by atoms with Gasteiger partial charge in [0, 0.05) is 4.88 Å². The van der Waals surface area contributed by atoms with Gasteiger partial charge in [0.15, 0.2) is 0 Å². The molecule has 0 amide bonds. The van der Waals surface area contributed by atoms with E-state index in [-0.39, 0.29) is 11.9 Å². The van der Waals surface area contributed by atoms with Crippen molar-refractivity contribution in [1.29, 1.82) is 0 Å². The number of fused-ring (bicyclic) bond motifs is 1. The Bertz CT molecular complexity index is 359. The van der Waals surface area contributed by atoms with Crippen molar-refractivity contribution < 1.29 is 9.53 Å². The molecule has 0 aromatic carbocycles. The maximum absolute atomic E-state index is 11.5. The van der Waals surface area contributed by atoms with Gasteiger partial charge in [0.1, 0.15) is 0 Å². The lowest BCUT2D eigenvalue weighted by Crippen LogP contribution is -2.18. The normalized spacial score (nSPS) is 20.3. The van der Waals surface area contributed by atoms with Gasteiger partial charge in [-0.1, -0.05) is 0 Å². The van der Waals surface area contributed by atoms with Crippen LogP contribution in [-0.2, 0) is 16.0 Å². The zero-order valence-electron chi connectivity index (χ0n) is 8.37. The third-order valence-corrected chi connectivity index (χ3v) is 3.67. The Kier molecular flexibility index (Phi) is 2.54. The molecule has 0 bridgehead atoms. The van der Waals surface area contributed by atoms with Gasteiger partial charge in [-0.25, -0.2) is 4.98 Å². The van der Waals surface area contributed by atoms with Gasteiger partial charge in [-0.05, 0) is 26.2 Å². The second-order valence-corrected chi connectivity index (χ2v) is 4.75. The van der Waals surface area contributed by atoms with Crippen LogP contribution in [0.1, 0.15) is 34.3 Å². The largest absolute Gasteiger partial charge is 0.469 e. The van der Waals surface area contributed by atoms with Gasteiger partial charge in [0.25, 0.3) is 0 Å². The van der Waals surface area contributed by atoms with Crippen LogP contribution < -0.4 is 0 Å². The number of ether oxygens (including phenoxy) is 1. The summed E-state index contributed by atoms with van der Waals surface area (Å²) in [6.45, 7) is 1.98. The average molecular weight is 211 g/mol. The number of carbonyl (C=O) groups is 1. The van der Waals surface area contributed by atoms with Gasteiger partial charge in [-0.3, -0.25) is 4.79 Å². The highest BCUT2D eigenvalue weighted by Gasteiger charge is 2.29. The van der Waals surface area contributed by atoms with Crippen LogP contribution in [0.15, 0.2) is 0 Å². The summed E-state index contributed by atoms with van der Waals surface area (Å²) < 4.78 is 4.80. The molecule has 0 spiro atoms. The van der Waals surface area contributed by atoms with E-state index in [1.807, 2.05) is 6.92 Å². The number of thiazole rings is 1. The van der Waals surface area contributed by atoms with Crippen molar-refractivity contribution in [3.05, 3.63) is 15.6 Å². The molecule has 0 aliphatic heterocycles. The molecule has 1 aromatic heterocycles. The lowest BCUT2D eigenvalue weighted by molar-refractivity contribution is -0.142. The van der Waals surface area contributed by atoms with E-state index in [1.54, 1.807) is 11.3 Å². The van der Waals surface area contributed by atoms with Crippen molar-refractivity contribution in [1.82, 2.24) is 4.98 Å². The predicted octanol–water partition coefficient (Wildman–Crippen LogP) is 2.04. The fourth-order valence-corrected chi connectivity index (χ4v) is 3.01. The van der Waals surface area contributed by atoms with E-state index < -0.39 is 0 Å². The number of aromatic nitrogens is 1. The summed E-state index contributed by atoms with van der Waals surface area (Å²) in [4.78, 5) is 17.0. The van der Waals surface area contributed by atoms with Crippen LogP contribution in [0.5, 0.6) is 0 Å². The summed E-state index contributed by atoms with van der Waals surface area (Å²) in [6.07, 6.45) is 2.95. The van der Waals surface area contributed by atoms with Gasteiger partial charge in [0.05, 0.1) is 23.7 Å². The molecule has 4 heteroatoms. The van der Waals surface area contributed by atoms with E-state index in [2.05, 4.69) is 4.98 Å². The molecule has 3 nitrogen and oxygen atoms in total. The zero-order chi connectivity index (χ0) is 10.1. The van der Waals surface area contributed by atoms with Gasteiger partial charge in [-0.15, -0.1) is 11.3 Å². The molecule has 0 saturated heterocycles. The molecule has 1 atom stereocenters. The second kappa shape index (κ2) is 3.69. The van der Waals surface area contributed by atoms with Crippen LogP contribution in [0.25, 0.3) is 0 Å². The minimum atomic E-state index is -0.116. The summed E-state index contributed by atoms with van der Waals surface area (Å²) >= 11 is 1.63. The highest BCUT2D eigenvalue weighted by atomic mass is 32.1. The molecule has 76 valence electrons. The fourth-order valence-electron chi connectivity index (χ4n) is 1.91. The van der Waals surface area contributed by atoms with Gasteiger partial charge in [-0.2, -0.15) is 0 Å². The van der Waals surface area contributed by atoms with Crippen molar-refractivity contribution >= 4 is 17.3 Å². The van der Waals surface area contributed by atoms with Crippen molar-refractivity contribution in [3.8, 4) is 0 Å². The molecular weight excluding hydrogens is 198 g/mol. The SMILES string of the molecule is COC(=O)C1CCCc2nc(C)sc21. The molecular formula is C10H13NO2S. The van der Waals surface area contributed by atoms with Crippen LogP contribution in [0.4, 0.5) is 0 Å². The Labute approximate surface area is 87.1 Å². The number of hydrogen-bond acceptors (Lipinski definition) is 4. The molecule has 0 saturated carbocycles. The number of aryl methyl sites for hydroxylation is 2. The summed E-state index contributed by atoms with van der Waals surface area (Å²) in [5.41, 5.74) is 1.11. The van der Waals surface area contributed by atoms with E-state index in [0.29, 0.717) is 0 Å². The molecule has 0 radical (unpaired) electrons. The Morgan fingerprint density at radius 3 is 3.14 bits per heavy atom. The molecule has 1 aromatic rings. The van der Waals surface area contributed by atoms with Crippen LogP contribution in [0.3, 0.4) is 0 Å². The van der Waals surface area contributed by atoms with Crippen LogP contribution in [-0.4, -0.2) is 18.1 Å². The molecule has 0 fully saturated rings. The van der Waals surface area contributed by atoms with E-state index in [0.717, 1.165) is 34.8 Å². The van der Waals surface area contributed by atoms with E-state index in [1.165, 1.54) is 7.11 Å². The predicted molar refractivity (Wildman–Crippen MR) is 54.5 cm³/mol. The quantitative estimate of drug-likeness (QED) is 0.667. The maximum Gasteiger partial charge on any atom is 0.314 e. The van der Waals surface area contributed by atoms with Crippen molar-refractivity contribution in [3.63, 3.8) is 0 Å². The second-order valence-electron chi connectivity index (χ2n) is 3.51. The monoisotopic (exact) mass is 211 g/mol. The molecule has 0 N–H and O–H groups in total. The van der Waals surface area contributed by atoms with E-state index in [4.69, 9.17) is 4.74 Å².